The summed E-state index contributed by atoms with van der Waals surface area (Å²) in [5.41, 5.74) is -0.0165. The summed E-state index contributed by atoms with van der Waals surface area (Å²) in [6, 6.07) is 6.90. The summed E-state index contributed by atoms with van der Waals surface area (Å²) in [6.45, 7) is 2.64. The first-order valence-electron chi connectivity index (χ1n) is 11.9. The lowest BCUT2D eigenvalue weighted by molar-refractivity contribution is -0.194. The quantitative estimate of drug-likeness (QED) is 0.316. The van der Waals surface area contributed by atoms with Gasteiger partial charge in [0.15, 0.2) is 0 Å². The second-order valence-corrected chi connectivity index (χ2v) is 11.2. The fourth-order valence-electron chi connectivity index (χ4n) is 3.97. The van der Waals surface area contributed by atoms with Gasteiger partial charge in [-0.1, -0.05) is 17.7 Å². The smallest absolute Gasteiger partial charge is 0.322 e. The fourth-order valence-corrected chi connectivity index (χ4v) is 5.63. The van der Waals surface area contributed by atoms with Gasteiger partial charge in [-0.15, -0.1) is 15.3 Å². The first-order chi connectivity index (χ1) is 18.9. The third-order valence-corrected chi connectivity index (χ3v) is 8.02. The first-order valence-corrected chi connectivity index (χ1v) is 13.9. The summed E-state index contributed by atoms with van der Waals surface area (Å²) < 4.78 is 87.3. The van der Waals surface area contributed by atoms with E-state index in [4.69, 9.17) is 20.9 Å². The van der Waals surface area contributed by atoms with E-state index in [0.717, 1.165) is 22.5 Å². The Morgan fingerprint density at radius 2 is 1.82 bits per heavy atom. The molecule has 0 radical (unpaired) electrons. The summed E-state index contributed by atoms with van der Waals surface area (Å²) >= 11 is 5.91. The Morgan fingerprint density at radius 1 is 1.10 bits per heavy atom. The van der Waals surface area contributed by atoms with E-state index in [1.807, 2.05) is 4.90 Å². The maximum atomic E-state index is 15.1. The number of sulfonamides is 1. The molecule has 0 atom stereocenters. The normalized spacial score (nSPS) is 15.0. The third kappa shape index (κ3) is 7.27. The number of rotatable bonds is 10. The van der Waals surface area contributed by atoms with Gasteiger partial charge in [-0.2, -0.15) is 8.78 Å². The molecule has 216 valence electrons. The second kappa shape index (κ2) is 12.5. The summed E-state index contributed by atoms with van der Waals surface area (Å²) in [5, 5.41) is 7.86. The van der Waals surface area contributed by atoms with Gasteiger partial charge in [0.25, 0.3) is 5.89 Å². The van der Waals surface area contributed by atoms with Crippen LogP contribution in [0.3, 0.4) is 0 Å². The topological polar surface area (TPSA) is 109 Å². The minimum Gasteiger partial charge on any atom is -0.415 e. The Labute approximate surface area is 232 Å². The highest BCUT2D eigenvalue weighted by Gasteiger charge is 2.28. The number of carbonyl (C=O) groups excluding carboxylic acids is 1. The second-order valence-electron chi connectivity index (χ2n) is 8.83. The molecule has 1 aromatic heterocycles. The van der Waals surface area contributed by atoms with Crippen LogP contribution in [0.5, 0.6) is 0 Å². The molecule has 1 saturated heterocycles. The highest BCUT2D eigenvalue weighted by Crippen LogP contribution is 2.29. The van der Waals surface area contributed by atoms with Gasteiger partial charge >= 0.3 is 12.4 Å². The minimum atomic E-state index is -4.10. The number of halogens is 5. The van der Waals surface area contributed by atoms with E-state index in [-0.39, 0.29) is 40.0 Å². The van der Waals surface area contributed by atoms with Crippen molar-refractivity contribution in [3.05, 3.63) is 64.5 Å². The van der Waals surface area contributed by atoms with Crippen molar-refractivity contribution in [1.29, 1.82) is 0 Å². The van der Waals surface area contributed by atoms with Gasteiger partial charge in [0, 0.05) is 50.8 Å². The van der Waals surface area contributed by atoms with Crippen LogP contribution in [-0.4, -0.2) is 73.0 Å². The summed E-state index contributed by atoms with van der Waals surface area (Å²) in [5.74, 6) is -3.66. The molecular weight excluding hydrogens is 582 g/mol. The molecule has 10 nitrogen and oxygen atoms in total. The maximum absolute atomic E-state index is 15.1. The molecule has 0 aliphatic carbocycles. The Hall–Kier alpha value is -3.27. The molecule has 0 unspecified atom stereocenters. The number of hydrogen-bond donors (Lipinski definition) is 0. The molecule has 2 heterocycles. The molecule has 0 N–H and O–H groups in total. The van der Waals surface area contributed by atoms with Crippen LogP contribution in [0.4, 0.5) is 23.2 Å². The molecule has 3 aromatic rings. The van der Waals surface area contributed by atoms with Gasteiger partial charge in [-0.3, -0.25) is 14.0 Å². The minimum absolute atomic E-state index is 0.0211. The molecule has 0 bridgehead atoms. The zero-order chi connectivity index (χ0) is 29.0. The molecule has 4 rings (SSSR count). The molecule has 1 aliphatic heterocycles. The molecule has 2 aromatic carbocycles. The van der Waals surface area contributed by atoms with Gasteiger partial charge in [0.2, 0.25) is 15.9 Å². The van der Waals surface area contributed by atoms with Gasteiger partial charge in [0.1, 0.15) is 11.6 Å². The van der Waals surface area contributed by atoms with Crippen LogP contribution in [0.1, 0.15) is 24.8 Å². The van der Waals surface area contributed by atoms with Crippen LogP contribution < -0.4 is 4.31 Å². The van der Waals surface area contributed by atoms with E-state index in [2.05, 4.69) is 10.2 Å². The van der Waals surface area contributed by atoms with E-state index < -0.39 is 46.5 Å². The molecule has 0 spiro atoms. The van der Waals surface area contributed by atoms with Crippen molar-refractivity contribution in [3.8, 4) is 11.5 Å². The molecule has 40 heavy (non-hydrogen) atoms. The van der Waals surface area contributed by atoms with Crippen LogP contribution in [0.25, 0.3) is 11.5 Å². The van der Waals surface area contributed by atoms with E-state index in [1.54, 1.807) is 0 Å². The molecule has 0 amide bonds. The van der Waals surface area contributed by atoms with Crippen molar-refractivity contribution >= 4 is 33.3 Å². The Kier molecular flexibility index (Phi) is 9.28. The number of piperazine rings is 1. The number of alkyl halides is 2. The van der Waals surface area contributed by atoms with E-state index in [9.17, 15) is 26.4 Å². The van der Waals surface area contributed by atoms with E-state index in [1.165, 1.54) is 30.2 Å². The predicted molar refractivity (Wildman–Crippen MR) is 136 cm³/mol. The first kappa shape index (κ1) is 29.7. The summed E-state index contributed by atoms with van der Waals surface area (Å²) in [4.78, 5) is 18.1. The molecule has 1 aliphatic rings. The average molecular weight is 606 g/mol. The van der Waals surface area contributed by atoms with Crippen molar-refractivity contribution in [1.82, 2.24) is 20.2 Å². The molecular formula is C24H24ClF4N5O5S. The average Bonchev–Trinajstić information content (AvgIpc) is 3.40. The number of hydroxylamine groups is 2. The lowest BCUT2D eigenvalue weighted by atomic mass is 10.1. The zero-order valence-electron chi connectivity index (χ0n) is 21.1. The van der Waals surface area contributed by atoms with Crippen LogP contribution in [0, 0.1) is 11.6 Å². The zero-order valence-corrected chi connectivity index (χ0v) is 22.6. The van der Waals surface area contributed by atoms with Crippen molar-refractivity contribution in [2.75, 3.05) is 42.8 Å². The van der Waals surface area contributed by atoms with Crippen molar-refractivity contribution in [2.45, 2.75) is 19.9 Å². The number of benzene rings is 2. The highest BCUT2D eigenvalue weighted by molar-refractivity contribution is 7.92. The van der Waals surface area contributed by atoms with Gasteiger partial charge in [0.05, 0.1) is 23.0 Å². The van der Waals surface area contributed by atoms with Crippen molar-refractivity contribution in [2.24, 2.45) is 0 Å². The number of aromatic nitrogens is 2. The maximum Gasteiger partial charge on any atom is 0.322 e. The van der Waals surface area contributed by atoms with Gasteiger partial charge < -0.3 is 9.25 Å². The Morgan fingerprint density at radius 3 is 2.42 bits per heavy atom. The predicted octanol–water partition coefficient (Wildman–Crippen LogP) is 4.04. The van der Waals surface area contributed by atoms with Crippen LogP contribution in [0.2, 0.25) is 5.02 Å². The number of nitrogens with zero attached hydrogens (tertiary/aromatic N) is 5. The molecule has 0 saturated carbocycles. The summed E-state index contributed by atoms with van der Waals surface area (Å²) in [6.07, 6.45) is -3.00. The Balaban J connectivity index is 1.53. The number of hydrogen-bond acceptors (Lipinski definition) is 9. The summed E-state index contributed by atoms with van der Waals surface area (Å²) in [7, 11) is -4.10. The van der Waals surface area contributed by atoms with Crippen molar-refractivity contribution < 1.29 is 40.0 Å². The number of anilines is 1. The van der Waals surface area contributed by atoms with Crippen LogP contribution >= 0.6 is 11.6 Å². The van der Waals surface area contributed by atoms with Crippen LogP contribution in [0.15, 0.2) is 40.8 Å². The van der Waals surface area contributed by atoms with Gasteiger partial charge in [-0.25, -0.2) is 17.2 Å². The lowest BCUT2D eigenvalue weighted by Gasteiger charge is -2.33. The Bertz CT molecular complexity index is 1470. The fraction of sp³-hybridized carbons (Fsp3) is 0.375. The largest absolute Gasteiger partial charge is 0.415 e. The van der Waals surface area contributed by atoms with Crippen molar-refractivity contribution in [3.63, 3.8) is 0 Å². The third-order valence-electron chi connectivity index (χ3n) is 6.02. The van der Waals surface area contributed by atoms with Gasteiger partial charge in [-0.05, 0) is 30.3 Å². The SMILES string of the molecule is CC(=O)ON1CCN(CCS(=O)(=O)N(Cc2ccc(-c3nnc(C(F)F)o3)cc2F)c2ccc(F)c(Cl)c2)CC1. The standard InChI is InChI=1S/C24H24ClF4N5O5S/c1-15(35)39-33-8-6-32(7-9-33)10-11-40(36,37)34(18-4-5-20(26)19(25)13-18)14-17-3-2-16(12-21(17)27)23-30-31-24(38-23)22(28)29/h2-5,12-13,22H,6-11,14H2,1H3. The van der Waals surface area contributed by atoms with E-state index in [0.29, 0.717) is 26.2 Å². The molecule has 16 heteroatoms. The molecule has 1 fully saturated rings. The lowest BCUT2D eigenvalue weighted by Crippen LogP contribution is -2.48. The monoisotopic (exact) mass is 605 g/mol. The number of carbonyl (C=O) groups is 1. The van der Waals surface area contributed by atoms with Crippen LogP contribution in [-0.2, 0) is 26.2 Å². The highest BCUT2D eigenvalue weighted by atomic mass is 35.5. The van der Waals surface area contributed by atoms with E-state index >= 15 is 4.39 Å².